The lowest BCUT2D eigenvalue weighted by Crippen LogP contribution is -2.44. The van der Waals surface area contributed by atoms with Crippen LogP contribution in [-0.2, 0) is 4.43 Å². The summed E-state index contributed by atoms with van der Waals surface area (Å²) in [6.45, 7) is 23.2. The van der Waals surface area contributed by atoms with Gasteiger partial charge in [0, 0.05) is 12.0 Å². The second-order valence-corrected chi connectivity index (χ2v) is 12.5. The summed E-state index contributed by atoms with van der Waals surface area (Å²) in [7, 11) is -1.77. The van der Waals surface area contributed by atoms with Crippen LogP contribution in [0.5, 0.6) is 0 Å². The molecule has 0 amide bonds. The molecule has 0 bridgehead atoms. The summed E-state index contributed by atoms with van der Waals surface area (Å²) < 4.78 is 6.26. The Hall–Kier alpha value is -0.383. The van der Waals surface area contributed by atoms with Gasteiger partial charge in [0.05, 0.1) is 5.60 Å². The minimum absolute atomic E-state index is 0.191. The van der Waals surface area contributed by atoms with Crippen molar-refractivity contribution in [2.75, 3.05) is 6.61 Å². The molecule has 0 spiro atoms. The Morgan fingerprint density at radius 2 is 1.53 bits per heavy atom. The molecule has 0 aromatic heterocycles. The molecule has 2 nitrogen and oxygen atoms in total. The third-order valence-electron chi connectivity index (χ3n) is 4.26. The Bertz CT molecular complexity index is 326. The zero-order chi connectivity index (χ0) is 15.5. The van der Waals surface area contributed by atoms with E-state index in [2.05, 4.69) is 53.9 Å². The van der Waals surface area contributed by atoms with Crippen LogP contribution in [0, 0.1) is 5.41 Å². The minimum Gasteiger partial charge on any atom is -0.416 e. The van der Waals surface area contributed by atoms with Gasteiger partial charge in [-0.3, -0.25) is 0 Å². The van der Waals surface area contributed by atoms with Crippen LogP contribution in [0.3, 0.4) is 0 Å². The van der Waals surface area contributed by atoms with Crippen LogP contribution < -0.4 is 0 Å². The van der Waals surface area contributed by atoms with Gasteiger partial charge in [-0.1, -0.05) is 39.8 Å². The summed E-state index contributed by atoms with van der Waals surface area (Å²) in [6.07, 6.45) is 4.04. The van der Waals surface area contributed by atoms with E-state index in [-0.39, 0.29) is 10.5 Å². The highest BCUT2D eigenvalue weighted by molar-refractivity contribution is 6.74. The molecule has 0 heterocycles. The lowest BCUT2D eigenvalue weighted by atomic mass is 9.80. The number of rotatable bonds is 7. The van der Waals surface area contributed by atoms with Crippen LogP contribution in [0.2, 0.25) is 18.1 Å². The molecule has 0 saturated carbocycles. The van der Waals surface area contributed by atoms with Gasteiger partial charge < -0.3 is 9.53 Å². The highest BCUT2D eigenvalue weighted by Gasteiger charge is 2.39. The molecule has 0 saturated heterocycles. The Balaban J connectivity index is 4.84. The first-order valence-corrected chi connectivity index (χ1v) is 9.83. The maximum Gasteiger partial charge on any atom is 0.192 e. The molecule has 0 rings (SSSR count). The van der Waals surface area contributed by atoms with E-state index >= 15 is 0 Å². The Labute approximate surface area is 120 Å². The van der Waals surface area contributed by atoms with Crippen LogP contribution >= 0.6 is 0 Å². The molecule has 112 valence electrons. The van der Waals surface area contributed by atoms with Gasteiger partial charge in [-0.2, -0.15) is 0 Å². The second kappa shape index (κ2) is 5.94. The van der Waals surface area contributed by atoms with E-state index in [0.29, 0.717) is 13.0 Å². The van der Waals surface area contributed by atoms with E-state index in [9.17, 15) is 5.11 Å². The second-order valence-electron chi connectivity index (χ2n) is 7.65. The molecule has 0 fully saturated rings. The van der Waals surface area contributed by atoms with Crippen LogP contribution in [0.25, 0.3) is 0 Å². The summed E-state index contributed by atoms with van der Waals surface area (Å²) in [4.78, 5) is 0. The van der Waals surface area contributed by atoms with E-state index in [1.165, 1.54) is 0 Å². The lowest BCUT2D eigenvalue weighted by Gasteiger charge is -2.40. The van der Waals surface area contributed by atoms with Crippen molar-refractivity contribution in [3.8, 4) is 0 Å². The Kier molecular flexibility index (Phi) is 5.82. The number of aliphatic hydroxyl groups is 1. The van der Waals surface area contributed by atoms with E-state index < -0.39 is 13.9 Å². The van der Waals surface area contributed by atoms with Crippen molar-refractivity contribution in [2.45, 2.75) is 64.8 Å². The molecule has 2 unspecified atom stereocenters. The van der Waals surface area contributed by atoms with E-state index in [1.54, 1.807) is 13.0 Å². The lowest BCUT2D eigenvalue weighted by molar-refractivity contribution is 0.0478. The molecule has 19 heavy (non-hydrogen) atoms. The monoisotopic (exact) mass is 284 g/mol. The molecule has 0 radical (unpaired) electrons. The molecule has 1 N–H and O–H groups in total. The van der Waals surface area contributed by atoms with Crippen LogP contribution in [0.1, 0.15) is 41.0 Å². The highest BCUT2D eigenvalue weighted by Crippen LogP contribution is 2.39. The summed E-state index contributed by atoms with van der Waals surface area (Å²) in [5.74, 6) is 0. The van der Waals surface area contributed by atoms with Gasteiger partial charge in [-0.25, -0.2) is 0 Å². The molecule has 0 aliphatic rings. The smallest absolute Gasteiger partial charge is 0.192 e. The Morgan fingerprint density at radius 3 is 1.84 bits per heavy atom. The summed E-state index contributed by atoms with van der Waals surface area (Å²) >= 11 is 0. The third-order valence-corrected chi connectivity index (χ3v) is 8.74. The summed E-state index contributed by atoms with van der Waals surface area (Å²) in [6, 6.07) is 0. The van der Waals surface area contributed by atoms with E-state index in [1.807, 2.05) is 6.08 Å². The maximum absolute atomic E-state index is 10.2. The highest BCUT2D eigenvalue weighted by atomic mass is 28.4. The first kappa shape index (κ1) is 18.6. The largest absolute Gasteiger partial charge is 0.416 e. The maximum atomic E-state index is 10.2. The van der Waals surface area contributed by atoms with Crippen LogP contribution in [0.4, 0.5) is 0 Å². The standard InChI is InChI=1S/C16H32O2Si/c1-10-15(6,12-16(7,17)11-2)13-18-19(8,9)14(3,4)5/h10-11,17H,1-2,12-13H2,3-9H3. The van der Waals surface area contributed by atoms with Gasteiger partial charge in [-0.05, 0) is 31.5 Å². The van der Waals surface area contributed by atoms with E-state index in [4.69, 9.17) is 4.43 Å². The van der Waals surface area contributed by atoms with Crippen LogP contribution in [-0.4, -0.2) is 25.6 Å². The predicted molar refractivity (Wildman–Crippen MR) is 86.9 cm³/mol. The van der Waals surface area contributed by atoms with Crippen molar-refractivity contribution in [3.63, 3.8) is 0 Å². The fraction of sp³-hybridized carbons (Fsp3) is 0.750. The van der Waals surface area contributed by atoms with Gasteiger partial charge >= 0.3 is 0 Å². The van der Waals surface area contributed by atoms with E-state index in [0.717, 1.165) is 0 Å². The van der Waals surface area contributed by atoms with Gasteiger partial charge in [0.15, 0.2) is 8.32 Å². The van der Waals surface area contributed by atoms with Crippen molar-refractivity contribution in [1.82, 2.24) is 0 Å². The fourth-order valence-electron chi connectivity index (χ4n) is 1.63. The number of hydrogen-bond donors (Lipinski definition) is 1. The average Bonchev–Trinajstić information content (AvgIpc) is 2.25. The zero-order valence-corrected chi connectivity index (χ0v) is 14.8. The van der Waals surface area contributed by atoms with Gasteiger partial charge in [-0.15, -0.1) is 13.2 Å². The SMILES string of the molecule is C=CC(C)(O)CC(C)(C=C)CO[Si](C)(C)C(C)(C)C. The Morgan fingerprint density at radius 1 is 1.05 bits per heavy atom. The molecule has 2 atom stereocenters. The van der Waals surface area contributed by atoms with Gasteiger partial charge in [0.2, 0.25) is 0 Å². The molecular formula is C16H32O2Si. The van der Waals surface area contributed by atoms with Crippen molar-refractivity contribution in [2.24, 2.45) is 5.41 Å². The minimum atomic E-state index is -1.77. The molecule has 0 aromatic carbocycles. The first-order chi connectivity index (χ1) is 8.29. The van der Waals surface area contributed by atoms with Crippen molar-refractivity contribution >= 4 is 8.32 Å². The van der Waals surface area contributed by atoms with Crippen LogP contribution in [0.15, 0.2) is 25.3 Å². The molecular weight excluding hydrogens is 252 g/mol. The van der Waals surface area contributed by atoms with Gasteiger partial charge in [0.1, 0.15) is 0 Å². The predicted octanol–water partition coefficient (Wildman–Crippen LogP) is 4.53. The first-order valence-electron chi connectivity index (χ1n) is 6.92. The van der Waals surface area contributed by atoms with Gasteiger partial charge in [0.25, 0.3) is 0 Å². The normalized spacial score (nSPS) is 19.4. The zero-order valence-electron chi connectivity index (χ0n) is 13.8. The molecule has 0 aliphatic carbocycles. The van der Waals surface area contributed by atoms with Crippen molar-refractivity contribution in [1.29, 1.82) is 0 Å². The van der Waals surface area contributed by atoms with Crippen molar-refractivity contribution in [3.05, 3.63) is 25.3 Å². The third kappa shape index (κ3) is 5.63. The summed E-state index contributed by atoms with van der Waals surface area (Å²) in [5.41, 5.74) is -1.13. The average molecular weight is 285 g/mol. The summed E-state index contributed by atoms with van der Waals surface area (Å²) in [5, 5.41) is 10.4. The number of hydrogen-bond acceptors (Lipinski definition) is 2. The molecule has 0 aliphatic heterocycles. The fourth-order valence-corrected chi connectivity index (χ4v) is 2.76. The molecule has 3 heteroatoms. The topological polar surface area (TPSA) is 29.5 Å². The molecule has 0 aromatic rings. The van der Waals surface area contributed by atoms with Crippen molar-refractivity contribution < 1.29 is 9.53 Å². The quantitative estimate of drug-likeness (QED) is 0.550.